The summed E-state index contributed by atoms with van der Waals surface area (Å²) >= 11 is 0. The van der Waals surface area contributed by atoms with Crippen molar-refractivity contribution in [3.05, 3.63) is 75.7 Å². The SMILES string of the molecule is COc1ccc(-c2c(C)cccc2C)cc1C(CC(=O)O)NC(=O)Nc1c(O)ccn(C)c1=O. The van der Waals surface area contributed by atoms with Gasteiger partial charge in [-0.3, -0.25) is 9.59 Å². The maximum atomic E-state index is 12.7. The predicted molar refractivity (Wildman–Crippen MR) is 128 cm³/mol. The van der Waals surface area contributed by atoms with E-state index < -0.39 is 35.8 Å². The molecule has 1 aromatic heterocycles. The number of carboxylic acid groups (broad SMARTS) is 1. The second kappa shape index (κ2) is 10.1. The maximum Gasteiger partial charge on any atom is 0.319 e. The van der Waals surface area contributed by atoms with Crippen LogP contribution in [0.1, 0.15) is 29.2 Å². The lowest BCUT2D eigenvalue weighted by molar-refractivity contribution is -0.137. The van der Waals surface area contributed by atoms with Crippen LogP contribution < -0.4 is 20.9 Å². The number of hydrogen-bond donors (Lipinski definition) is 4. The van der Waals surface area contributed by atoms with Crippen molar-refractivity contribution in [3.8, 4) is 22.6 Å². The normalized spacial score (nSPS) is 11.5. The number of pyridine rings is 1. The summed E-state index contributed by atoms with van der Waals surface area (Å²) in [6, 6.07) is 10.8. The van der Waals surface area contributed by atoms with Crippen molar-refractivity contribution in [1.82, 2.24) is 9.88 Å². The third-order valence-corrected chi connectivity index (χ3v) is 5.54. The molecule has 178 valence electrons. The van der Waals surface area contributed by atoms with Crippen molar-refractivity contribution in [1.29, 1.82) is 0 Å². The molecule has 4 N–H and O–H groups in total. The Morgan fingerprint density at radius 1 is 1.12 bits per heavy atom. The van der Waals surface area contributed by atoms with Crippen LogP contribution in [0.2, 0.25) is 0 Å². The standard InChI is InChI=1S/C25H27N3O6/c1-14-6-5-7-15(2)22(14)16-8-9-20(34-4)17(12-16)18(13-21(30)31)26-25(33)27-23-19(29)10-11-28(3)24(23)32/h5-12,18,29H,13H2,1-4H3,(H,30,31)(H2,26,27,33). The lowest BCUT2D eigenvalue weighted by Crippen LogP contribution is -2.36. The fraction of sp³-hybridized carbons (Fsp3) is 0.240. The molecule has 0 saturated heterocycles. The van der Waals surface area contributed by atoms with Gasteiger partial charge in [-0.15, -0.1) is 0 Å². The summed E-state index contributed by atoms with van der Waals surface area (Å²) in [5.74, 6) is -1.13. The summed E-state index contributed by atoms with van der Waals surface area (Å²) in [6.45, 7) is 3.97. The number of aromatic nitrogens is 1. The van der Waals surface area contributed by atoms with Crippen molar-refractivity contribution in [2.45, 2.75) is 26.3 Å². The first-order chi connectivity index (χ1) is 16.1. The molecule has 1 atom stereocenters. The quantitative estimate of drug-likeness (QED) is 0.421. The van der Waals surface area contributed by atoms with Gasteiger partial charge in [-0.25, -0.2) is 4.79 Å². The molecule has 0 radical (unpaired) electrons. The van der Waals surface area contributed by atoms with Crippen LogP contribution >= 0.6 is 0 Å². The third-order valence-electron chi connectivity index (χ3n) is 5.54. The molecule has 0 aliphatic rings. The third kappa shape index (κ3) is 5.20. The first-order valence-corrected chi connectivity index (χ1v) is 10.5. The average Bonchev–Trinajstić information content (AvgIpc) is 2.78. The van der Waals surface area contributed by atoms with E-state index in [1.807, 2.05) is 38.1 Å². The minimum absolute atomic E-state index is 0.312. The number of carboxylic acids is 1. The van der Waals surface area contributed by atoms with Crippen LogP contribution in [0.3, 0.4) is 0 Å². The molecule has 34 heavy (non-hydrogen) atoms. The lowest BCUT2D eigenvalue weighted by Gasteiger charge is -2.22. The Morgan fingerprint density at radius 2 is 1.79 bits per heavy atom. The fourth-order valence-electron chi connectivity index (χ4n) is 3.89. The Morgan fingerprint density at radius 3 is 2.41 bits per heavy atom. The van der Waals surface area contributed by atoms with Gasteiger partial charge in [0.15, 0.2) is 5.69 Å². The molecule has 0 fully saturated rings. The number of amides is 2. The maximum absolute atomic E-state index is 12.7. The second-order valence-electron chi connectivity index (χ2n) is 7.96. The molecule has 0 saturated carbocycles. The molecule has 9 nitrogen and oxygen atoms in total. The largest absolute Gasteiger partial charge is 0.505 e. The summed E-state index contributed by atoms with van der Waals surface area (Å²) in [7, 11) is 2.93. The number of nitrogens with zero attached hydrogens (tertiary/aromatic N) is 1. The van der Waals surface area contributed by atoms with Gasteiger partial charge in [-0.2, -0.15) is 0 Å². The van der Waals surface area contributed by atoms with Crippen LogP contribution in [0.25, 0.3) is 11.1 Å². The number of carbonyl (C=O) groups excluding carboxylic acids is 1. The Hall–Kier alpha value is -4.27. The average molecular weight is 466 g/mol. The fourth-order valence-corrected chi connectivity index (χ4v) is 3.89. The summed E-state index contributed by atoms with van der Waals surface area (Å²) < 4.78 is 6.65. The lowest BCUT2D eigenvalue weighted by atomic mass is 9.92. The van der Waals surface area contributed by atoms with Crippen LogP contribution in [-0.4, -0.2) is 33.9 Å². The predicted octanol–water partition coefficient (Wildman–Crippen LogP) is 3.72. The van der Waals surface area contributed by atoms with Gasteiger partial charge in [0.1, 0.15) is 11.5 Å². The van der Waals surface area contributed by atoms with E-state index in [0.29, 0.717) is 11.3 Å². The zero-order chi connectivity index (χ0) is 25.0. The summed E-state index contributed by atoms with van der Waals surface area (Å²) in [5.41, 5.74) is 3.48. The molecule has 3 aromatic rings. The van der Waals surface area contributed by atoms with Crippen molar-refractivity contribution >= 4 is 17.7 Å². The van der Waals surface area contributed by atoms with Crippen LogP contribution in [-0.2, 0) is 11.8 Å². The Kier molecular flexibility index (Phi) is 7.25. The number of nitrogens with one attached hydrogen (secondary N) is 2. The molecule has 3 rings (SSSR count). The van der Waals surface area contributed by atoms with E-state index in [-0.39, 0.29) is 5.69 Å². The van der Waals surface area contributed by atoms with Crippen LogP contribution in [0.15, 0.2) is 53.5 Å². The number of anilines is 1. The number of carbonyl (C=O) groups is 2. The molecule has 0 bridgehead atoms. The molecule has 1 heterocycles. The highest BCUT2D eigenvalue weighted by Crippen LogP contribution is 2.35. The molecule has 0 aliphatic carbocycles. The highest BCUT2D eigenvalue weighted by molar-refractivity contribution is 5.91. The van der Waals surface area contributed by atoms with Gasteiger partial charge in [0.2, 0.25) is 0 Å². The van der Waals surface area contributed by atoms with Crippen LogP contribution in [0.4, 0.5) is 10.5 Å². The van der Waals surface area contributed by atoms with Crippen LogP contribution in [0.5, 0.6) is 11.5 Å². The van der Waals surface area contributed by atoms with E-state index in [4.69, 9.17) is 4.74 Å². The Labute approximate surface area is 196 Å². The smallest absolute Gasteiger partial charge is 0.319 e. The molecule has 0 aliphatic heterocycles. The number of benzene rings is 2. The van der Waals surface area contributed by atoms with E-state index in [1.165, 1.54) is 31.0 Å². The highest BCUT2D eigenvalue weighted by atomic mass is 16.5. The molecular weight excluding hydrogens is 438 g/mol. The van der Waals surface area contributed by atoms with E-state index in [9.17, 15) is 24.6 Å². The van der Waals surface area contributed by atoms with Crippen molar-refractivity contribution in [2.75, 3.05) is 12.4 Å². The molecule has 0 spiro atoms. The number of urea groups is 1. The molecule has 9 heteroatoms. The van der Waals surface area contributed by atoms with Crippen molar-refractivity contribution in [2.24, 2.45) is 7.05 Å². The molecule has 2 aromatic carbocycles. The number of aliphatic carboxylic acids is 1. The summed E-state index contributed by atoms with van der Waals surface area (Å²) in [5, 5.41) is 24.4. The zero-order valence-electron chi connectivity index (χ0n) is 19.4. The van der Waals surface area contributed by atoms with Gasteiger partial charge in [0, 0.05) is 18.8 Å². The molecule has 2 amide bonds. The van der Waals surface area contributed by atoms with Gasteiger partial charge >= 0.3 is 12.0 Å². The molecular formula is C25H27N3O6. The van der Waals surface area contributed by atoms with E-state index in [2.05, 4.69) is 10.6 Å². The topological polar surface area (TPSA) is 130 Å². The van der Waals surface area contributed by atoms with Crippen LogP contribution in [0, 0.1) is 13.8 Å². The zero-order valence-corrected chi connectivity index (χ0v) is 19.4. The van der Waals surface area contributed by atoms with Crippen molar-refractivity contribution in [3.63, 3.8) is 0 Å². The van der Waals surface area contributed by atoms with Crippen molar-refractivity contribution < 1.29 is 24.5 Å². The van der Waals surface area contributed by atoms with E-state index in [1.54, 1.807) is 12.1 Å². The number of aryl methyl sites for hydroxylation is 3. The number of ether oxygens (including phenoxy) is 1. The summed E-state index contributed by atoms with van der Waals surface area (Å²) in [4.78, 5) is 36.6. The number of aromatic hydroxyl groups is 1. The van der Waals surface area contributed by atoms with E-state index >= 15 is 0 Å². The minimum Gasteiger partial charge on any atom is -0.505 e. The Balaban J connectivity index is 2.01. The molecule has 1 unspecified atom stereocenters. The number of rotatable bonds is 7. The first-order valence-electron chi connectivity index (χ1n) is 10.5. The van der Waals surface area contributed by atoms with Gasteiger partial charge < -0.3 is 30.2 Å². The van der Waals surface area contributed by atoms with Gasteiger partial charge in [-0.1, -0.05) is 24.3 Å². The van der Waals surface area contributed by atoms with Gasteiger partial charge in [-0.05, 0) is 54.3 Å². The highest BCUT2D eigenvalue weighted by Gasteiger charge is 2.24. The number of methoxy groups -OCH3 is 1. The second-order valence-corrected chi connectivity index (χ2v) is 7.96. The van der Waals surface area contributed by atoms with Gasteiger partial charge in [0.05, 0.1) is 19.6 Å². The monoisotopic (exact) mass is 465 g/mol. The Bertz CT molecular complexity index is 1280. The summed E-state index contributed by atoms with van der Waals surface area (Å²) in [6.07, 6.45) is 0.927. The van der Waals surface area contributed by atoms with E-state index in [0.717, 1.165) is 22.3 Å². The first kappa shape index (κ1) is 24.4. The van der Waals surface area contributed by atoms with Gasteiger partial charge in [0.25, 0.3) is 5.56 Å². The number of hydrogen-bond acceptors (Lipinski definition) is 5. The minimum atomic E-state index is -1.14.